The van der Waals surface area contributed by atoms with Gasteiger partial charge in [-0.1, -0.05) is 17.7 Å². The molecular formula is C16H16ClNO3. The lowest BCUT2D eigenvalue weighted by molar-refractivity contribution is 0.161. The fourth-order valence-electron chi connectivity index (χ4n) is 2.54. The van der Waals surface area contributed by atoms with Crippen LogP contribution in [-0.4, -0.2) is 12.2 Å². The molecule has 0 saturated heterocycles. The zero-order valence-electron chi connectivity index (χ0n) is 11.5. The van der Waals surface area contributed by atoms with Gasteiger partial charge < -0.3 is 20.3 Å². The molecular weight excluding hydrogens is 290 g/mol. The van der Waals surface area contributed by atoms with Crippen molar-refractivity contribution in [3.63, 3.8) is 0 Å². The highest BCUT2D eigenvalue weighted by atomic mass is 35.5. The van der Waals surface area contributed by atoms with Gasteiger partial charge in [0, 0.05) is 18.0 Å². The highest BCUT2D eigenvalue weighted by molar-refractivity contribution is 6.32. The van der Waals surface area contributed by atoms with Gasteiger partial charge in [0.05, 0.1) is 12.1 Å². The third-order valence-corrected chi connectivity index (χ3v) is 4.00. The molecule has 2 aromatic carbocycles. The Bertz CT molecular complexity index is 675. The summed E-state index contributed by atoms with van der Waals surface area (Å²) in [6.07, 6.45) is 0.459. The van der Waals surface area contributed by atoms with Gasteiger partial charge in [-0.05, 0) is 35.9 Å². The highest BCUT2D eigenvalue weighted by Crippen LogP contribution is 2.42. The number of fused-ring (bicyclic) bond motifs is 1. The summed E-state index contributed by atoms with van der Waals surface area (Å²) in [7, 11) is 1.62. The van der Waals surface area contributed by atoms with E-state index in [0.29, 0.717) is 11.4 Å². The fourth-order valence-corrected chi connectivity index (χ4v) is 2.73. The number of nitrogens with two attached hydrogens (primary N) is 1. The molecule has 4 nitrogen and oxygen atoms in total. The number of methoxy groups -OCH3 is 1. The molecule has 1 unspecified atom stereocenters. The lowest BCUT2D eigenvalue weighted by atomic mass is 9.93. The van der Waals surface area contributed by atoms with Gasteiger partial charge in [0.2, 0.25) is 0 Å². The predicted octanol–water partition coefficient (Wildman–Crippen LogP) is 3.58. The molecule has 1 heterocycles. The molecule has 0 aliphatic carbocycles. The van der Waals surface area contributed by atoms with E-state index in [2.05, 4.69) is 0 Å². The third-order valence-electron chi connectivity index (χ3n) is 3.70. The zero-order valence-corrected chi connectivity index (χ0v) is 12.3. The molecule has 3 N–H and O–H groups in total. The molecule has 21 heavy (non-hydrogen) atoms. The Hall–Kier alpha value is -1.91. The van der Waals surface area contributed by atoms with Gasteiger partial charge in [0.25, 0.3) is 0 Å². The first-order valence-electron chi connectivity index (χ1n) is 6.67. The van der Waals surface area contributed by atoms with Crippen molar-refractivity contribution < 1.29 is 14.6 Å². The van der Waals surface area contributed by atoms with Crippen molar-refractivity contribution in [2.45, 2.75) is 18.6 Å². The normalized spacial score (nSPS) is 20.5. The molecule has 0 spiro atoms. The molecule has 0 fully saturated rings. The molecule has 0 saturated carbocycles. The van der Waals surface area contributed by atoms with Crippen LogP contribution in [-0.2, 0) is 0 Å². The number of rotatable bonds is 2. The molecule has 5 heteroatoms. The smallest absolute Gasteiger partial charge is 0.134 e. The monoisotopic (exact) mass is 305 g/mol. The number of halogens is 1. The molecule has 1 aliphatic heterocycles. The summed E-state index contributed by atoms with van der Waals surface area (Å²) in [4.78, 5) is 0. The minimum absolute atomic E-state index is 0.0608. The van der Waals surface area contributed by atoms with Crippen LogP contribution in [0.15, 0.2) is 36.4 Å². The maximum atomic E-state index is 9.50. The van der Waals surface area contributed by atoms with Crippen molar-refractivity contribution in [3.8, 4) is 17.2 Å². The number of benzene rings is 2. The largest absolute Gasteiger partial charge is 0.506 e. The predicted molar refractivity (Wildman–Crippen MR) is 81.0 cm³/mol. The number of ether oxygens (including phenoxy) is 2. The van der Waals surface area contributed by atoms with Gasteiger partial charge in [-0.15, -0.1) is 0 Å². The maximum Gasteiger partial charge on any atom is 0.134 e. The van der Waals surface area contributed by atoms with Gasteiger partial charge in [0.15, 0.2) is 0 Å². The van der Waals surface area contributed by atoms with Crippen molar-refractivity contribution in [2.75, 3.05) is 7.11 Å². The van der Waals surface area contributed by atoms with Crippen molar-refractivity contribution in [3.05, 3.63) is 52.5 Å². The van der Waals surface area contributed by atoms with E-state index in [1.807, 2.05) is 18.2 Å². The van der Waals surface area contributed by atoms with Gasteiger partial charge in [-0.3, -0.25) is 0 Å². The molecule has 2 atom stereocenters. The molecule has 0 radical (unpaired) electrons. The van der Waals surface area contributed by atoms with Crippen molar-refractivity contribution >= 4 is 11.6 Å². The van der Waals surface area contributed by atoms with Crippen LogP contribution in [0, 0.1) is 0 Å². The number of phenolic OH excluding ortho intramolecular Hbond substituents is 1. The SMILES string of the molecule is COc1ccc2c(c1)[C@H](N)CC(c1ccc(O)c(Cl)c1)O2. The van der Waals surface area contributed by atoms with E-state index >= 15 is 0 Å². The molecule has 0 aromatic heterocycles. The summed E-state index contributed by atoms with van der Waals surface area (Å²) in [5.41, 5.74) is 8.09. The van der Waals surface area contributed by atoms with E-state index in [-0.39, 0.29) is 17.9 Å². The van der Waals surface area contributed by atoms with E-state index in [9.17, 15) is 5.11 Å². The minimum Gasteiger partial charge on any atom is -0.506 e. The topological polar surface area (TPSA) is 64.7 Å². The van der Waals surface area contributed by atoms with Gasteiger partial charge >= 0.3 is 0 Å². The second kappa shape index (κ2) is 5.47. The van der Waals surface area contributed by atoms with Crippen LogP contribution in [0.4, 0.5) is 0 Å². The Morgan fingerprint density at radius 3 is 2.81 bits per heavy atom. The Kier molecular flexibility index (Phi) is 3.66. The summed E-state index contributed by atoms with van der Waals surface area (Å²) < 4.78 is 11.2. The average Bonchev–Trinajstić information content (AvgIpc) is 2.49. The van der Waals surface area contributed by atoms with E-state index in [4.69, 9.17) is 26.8 Å². The molecule has 0 bridgehead atoms. The van der Waals surface area contributed by atoms with Gasteiger partial charge in [0.1, 0.15) is 23.4 Å². The molecule has 0 amide bonds. The second-order valence-electron chi connectivity index (χ2n) is 5.06. The quantitative estimate of drug-likeness (QED) is 0.890. The van der Waals surface area contributed by atoms with Crippen LogP contribution in [0.25, 0.3) is 0 Å². The fraction of sp³-hybridized carbons (Fsp3) is 0.250. The standard InChI is InChI=1S/C16H16ClNO3/c1-20-10-3-5-15-11(7-10)13(18)8-16(21-15)9-2-4-14(19)12(17)6-9/h2-7,13,16,19H,8,18H2,1H3/t13-,16?/m1/s1. The van der Waals surface area contributed by atoms with E-state index in [0.717, 1.165) is 22.6 Å². The first kappa shape index (κ1) is 14.0. The van der Waals surface area contributed by atoms with Crippen molar-refractivity contribution in [1.82, 2.24) is 0 Å². The second-order valence-corrected chi connectivity index (χ2v) is 5.47. The summed E-state index contributed by atoms with van der Waals surface area (Å²) in [5, 5.41) is 9.81. The zero-order chi connectivity index (χ0) is 15.0. The van der Waals surface area contributed by atoms with Crippen LogP contribution < -0.4 is 15.2 Å². The lowest BCUT2D eigenvalue weighted by Crippen LogP contribution is -2.24. The first-order valence-corrected chi connectivity index (χ1v) is 7.05. The van der Waals surface area contributed by atoms with Gasteiger partial charge in [-0.2, -0.15) is 0 Å². The Labute approximate surface area is 128 Å². The summed E-state index contributed by atoms with van der Waals surface area (Å²) >= 11 is 5.96. The Balaban J connectivity index is 1.92. The van der Waals surface area contributed by atoms with Crippen molar-refractivity contribution in [1.29, 1.82) is 0 Å². The van der Waals surface area contributed by atoms with Crippen LogP contribution >= 0.6 is 11.6 Å². The summed E-state index contributed by atoms with van der Waals surface area (Å²) in [5.74, 6) is 1.58. The van der Waals surface area contributed by atoms with Crippen LogP contribution in [0.1, 0.15) is 29.7 Å². The number of hydrogen-bond donors (Lipinski definition) is 2. The Morgan fingerprint density at radius 2 is 2.10 bits per heavy atom. The molecule has 110 valence electrons. The summed E-state index contributed by atoms with van der Waals surface area (Å²) in [6, 6.07) is 10.5. The van der Waals surface area contributed by atoms with E-state index < -0.39 is 0 Å². The molecule has 1 aliphatic rings. The third kappa shape index (κ3) is 2.64. The van der Waals surface area contributed by atoms with Crippen LogP contribution in [0.2, 0.25) is 5.02 Å². The Morgan fingerprint density at radius 1 is 1.29 bits per heavy atom. The van der Waals surface area contributed by atoms with E-state index in [1.54, 1.807) is 25.3 Å². The highest BCUT2D eigenvalue weighted by Gasteiger charge is 2.27. The van der Waals surface area contributed by atoms with Crippen LogP contribution in [0.5, 0.6) is 17.2 Å². The summed E-state index contributed by atoms with van der Waals surface area (Å²) in [6.45, 7) is 0. The average molecular weight is 306 g/mol. The van der Waals surface area contributed by atoms with Gasteiger partial charge in [-0.25, -0.2) is 0 Å². The minimum atomic E-state index is -0.181. The van der Waals surface area contributed by atoms with Crippen molar-refractivity contribution in [2.24, 2.45) is 5.73 Å². The number of hydrogen-bond acceptors (Lipinski definition) is 4. The number of aromatic hydroxyl groups is 1. The molecule has 3 rings (SSSR count). The number of phenols is 1. The maximum absolute atomic E-state index is 9.50. The lowest BCUT2D eigenvalue weighted by Gasteiger charge is -2.31. The molecule has 2 aromatic rings. The first-order chi connectivity index (χ1) is 10.1. The van der Waals surface area contributed by atoms with E-state index in [1.165, 1.54) is 0 Å². The van der Waals surface area contributed by atoms with Crippen LogP contribution in [0.3, 0.4) is 0 Å².